The van der Waals surface area contributed by atoms with Crippen LogP contribution in [0, 0.1) is 0 Å². The molecule has 0 radical (unpaired) electrons. The first-order valence-electron chi connectivity index (χ1n) is 5.50. The van der Waals surface area contributed by atoms with Gasteiger partial charge in [-0.05, 0) is 33.1 Å². The van der Waals surface area contributed by atoms with E-state index in [0.717, 1.165) is 15.6 Å². The largest absolute Gasteiger partial charge is 0.392 e. The normalized spacial score (nSPS) is 10.3. The van der Waals surface area contributed by atoms with Crippen LogP contribution >= 0.6 is 15.9 Å². The molecule has 18 heavy (non-hydrogen) atoms. The van der Waals surface area contributed by atoms with Crippen molar-refractivity contribution in [3.63, 3.8) is 0 Å². The minimum Gasteiger partial charge on any atom is -0.392 e. The van der Waals surface area contributed by atoms with E-state index in [1.165, 1.54) is 0 Å². The number of aliphatic hydroxyl groups excluding tert-OH is 1. The molecule has 1 aromatic heterocycles. The standard InChI is InChI=1S/C13H13BrN2O2/c14-11-5-12(15-7-11)13(18)16-6-9-2-1-3-10(4-9)8-17/h1-5,7,15,17H,6,8H2,(H,16,18). The smallest absolute Gasteiger partial charge is 0.267 e. The zero-order valence-corrected chi connectivity index (χ0v) is 11.2. The molecular weight excluding hydrogens is 296 g/mol. The molecule has 0 aliphatic rings. The molecule has 0 aliphatic carbocycles. The van der Waals surface area contributed by atoms with Crippen LogP contribution in [0.2, 0.25) is 0 Å². The second-order valence-corrected chi connectivity index (χ2v) is 4.81. The third kappa shape index (κ3) is 3.21. The Labute approximate surface area is 113 Å². The van der Waals surface area contributed by atoms with Crippen LogP contribution in [0.4, 0.5) is 0 Å². The van der Waals surface area contributed by atoms with Gasteiger partial charge in [0.15, 0.2) is 0 Å². The van der Waals surface area contributed by atoms with Gasteiger partial charge in [-0.25, -0.2) is 0 Å². The van der Waals surface area contributed by atoms with Crippen molar-refractivity contribution in [2.75, 3.05) is 0 Å². The lowest BCUT2D eigenvalue weighted by Gasteiger charge is -2.05. The van der Waals surface area contributed by atoms with Gasteiger partial charge in [-0.1, -0.05) is 24.3 Å². The van der Waals surface area contributed by atoms with Crippen molar-refractivity contribution in [3.05, 3.63) is 57.8 Å². The fourth-order valence-corrected chi connectivity index (χ4v) is 1.96. The molecule has 2 rings (SSSR count). The SMILES string of the molecule is O=C(NCc1cccc(CO)c1)c1cc(Br)c[nH]1. The first-order valence-corrected chi connectivity index (χ1v) is 6.29. The van der Waals surface area contributed by atoms with E-state index in [0.29, 0.717) is 12.2 Å². The summed E-state index contributed by atoms with van der Waals surface area (Å²) in [5.41, 5.74) is 2.31. The van der Waals surface area contributed by atoms with Gasteiger partial charge in [0.1, 0.15) is 5.69 Å². The van der Waals surface area contributed by atoms with Gasteiger partial charge in [-0.2, -0.15) is 0 Å². The molecule has 0 unspecified atom stereocenters. The summed E-state index contributed by atoms with van der Waals surface area (Å²) < 4.78 is 0.843. The predicted octanol–water partition coefficient (Wildman–Crippen LogP) is 2.20. The first kappa shape index (κ1) is 12.9. The van der Waals surface area contributed by atoms with Crippen molar-refractivity contribution in [1.82, 2.24) is 10.3 Å². The minimum absolute atomic E-state index is 0.00532. The summed E-state index contributed by atoms with van der Waals surface area (Å²) in [7, 11) is 0. The fourth-order valence-electron chi connectivity index (χ4n) is 1.61. The molecule has 0 saturated heterocycles. The first-order chi connectivity index (χ1) is 8.69. The molecule has 1 heterocycles. The predicted molar refractivity (Wildman–Crippen MR) is 72.0 cm³/mol. The molecule has 3 N–H and O–H groups in total. The second-order valence-electron chi connectivity index (χ2n) is 3.89. The van der Waals surface area contributed by atoms with E-state index in [-0.39, 0.29) is 12.5 Å². The summed E-state index contributed by atoms with van der Waals surface area (Å²) in [4.78, 5) is 14.6. The zero-order valence-electron chi connectivity index (χ0n) is 9.61. The van der Waals surface area contributed by atoms with E-state index < -0.39 is 0 Å². The average Bonchev–Trinajstić information content (AvgIpc) is 2.83. The van der Waals surface area contributed by atoms with Crippen LogP contribution in [-0.2, 0) is 13.2 Å². The van der Waals surface area contributed by atoms with E-state index in [1.54, 1.807) is 12.3 Å². The van der Waals surface area contributed by atoms with Gasteiger partial charge in [0.05, 0.1) is 6.61 Å². The molecule has 2 aromatic rings. The molecule has 0 saturated carbocycles. The molecule has 0 bridgehead atoms. The third-order valence-corrected chi connectivity index (χ3v) is 2.98. The Morgan fingerprint density at radius 1 is 1.33 bits per heavy atom. The van der Waals surface area contributed by atoms with E-state index >= 15 is 0 Å². The molecule has 1 aromatic carbocycles. The van der Waals surface area contributed by atoms with Crippen molar-refractivity contribution in [3.8, 4) is 0 Å². The minimum atomic E-state index is -0.157. The van der Waals surface area contributed by atoms with Crippen molar-refractivity contribution in [2.45, 2.75) is 13.2 Å². The summed E-state index contributed by atoms with van der Waals surface area (Å²) >= 11 is 3.28. The number of hydrogen-bond acceptors (Lipinski definition) is 2. The molecule has 0 fully saturated rings. The molecule has 0 spiro atoms. The Morgan fingerprint density at radius 3 is 2.78 bits per heavy atom. The highest BCUT2D eigenvalue weighted by Crippen LogP contribution is 2.11. The van der Waals surface area contributed by atoms with Gasteiger partial charge < -0.3 is 15.4 Å². The number of H-pyrrole nitrogens is 1. The lowest BCUT2D eigenvalue weighted by Crippen LogP contribution is -2.23. The molecule has 0 atom stereocenters. The van der Waals surface area contributed by atoms with E-state index in [2.05, 4.69) is 26.2 Å². The summed E-state index contributed by atoms with van der Waals surface area (Å²) in [6, 6.07) is 9.19. The van der Waals surface area contributed by atoms with E-state index in [1.807, 2.05) is 24.3 Å². The van der Waals surface area contributed by atoms with Crippen LogP contribution in [0.1, 0.15) is 21.6 Å². The number of rotatable bonds is 4. The van der Waals surface area contributed by atoms with Crippen LogP contribution in [0.3, 0.4) is 0 Å². The zero-order chi connectivity index (χ0) is 13.0. The van der Waals surface area contributed by atoms with Gasteiger partial charge in [0, 0.05) is 17.2 Å². The molecule has 94 valence electrons. The highest BCUT2D eigenvalue weighted by molar-refractivity contribution is 9.10. The quantitative estimate of drug-likeness (QED) is 0.810. The highest BCUT2D eigenvalue weighted by atomic mass is 79.9. The monoisotopic (exact) mass is 308 g/mol. The van der Waals surface area contributed by atoms with Gasteiger partial charge in [0.25, 0.3) is 5.91 Å². The lowest BCUT2D eigenvalue weighted by atomic mass is 10.1. The van der Waals surface area contributed by atoms with Crippen LogP contribution in [0.25, 0.3) is 0 Å². The number of nitrogens with one attached hydrogen (secondary N) is 2. The van der Waals surface area contributed by atoms with Gasteiger partial charge in [0.2, 0.25) is 0 Å². The van der Waals surface area contributed by atoms with Crippen molar-refractivity contribution >= 4 is 21.8 Å². The maximum atomic E-state index is 11.8. The summed E-state index contributed by atoms with van der Waals surface area (Å²) in [6.45, 7) is 0.439. The van der Waals surface area contributed by atoms with Gasteiger partial charge in [-0.3, -0.25) is 4.79 Å². The number of hydrogen-bond donors (Lipinski definition) is 3. The third-order valence-electron chi connectivity index (χ3n) is 2.52. The Morgan fingerprint density at radius 2 is 2.11 bits per heavy atom. The molecule has 1 amide bonds. The number of carbonyl (C=O) groups excluding carboxylic acids is 1. The van der Waals surface area contributed by atoms with Crippen molar-refractivity contribution in [1.29, 1.82) is 0 Å². The van der Waals surface area contributed by atoms with Crippen molar-refractivity contribution in [2.24, 2.45) is 0 Å². The summed E-state index contributed by atoms with van der Waals surface area (Å²) in [6.07, 6.45) is 1.71. The average molecular weight is 309 g/mol. The summed E-state index contributed by atoms with van der Waals surface area (Å²) in [5, 5.41) is 11.8. The molecule has 0 aliphatic heterocycles. The van der Waals surface area contributed by atoms with Crippen LogP contribution in [-0.4, -0.2) is 16.0 Å². The molecular formula is C13H13BrN2O2. The lowest BCUT2D eigenvalue weighted by molar-refractivity contribution is 0.0946. The Hall–Kier alpha value is -1.59. The van der Waals surface area contributed by atoms with E-state index in [9.17, 15) is 4.79 Å². The second kappa shape index (κ2) is 5.84. The number of carbonyl (C=O) groups is 1. The number of amides is 1. The maximum Gasteiger partial charge on any atom is 0.267 e. The number of benzene rings is 1. The number of aliphatic hydroxyl groups is 1. The topological polar surface area (TPSA) is 65.1 Å². The van der Waals surface area contributed by atoms with E-state index in [4.69, 9.17) is 5.11 Å². The Balaban J connectivity index is 1.97. The number of halogens is 1. The Bertz CT molecular complexity index is 551. The highest BCUT2D eigenvalue weighted by Gasteiger charge is 2.07. The van der Waals surface area contributed by atoms with Gasteiger partial charge in [-0.15, -0.1) is 0 Å². The van der Waals surface area contributed by atoms with Gasteiger partial charge >= 0.3 is 0 Å². The summed E-state index contributed by atoms with van der Waals surface area (Å²) in [5.74, 6) is -0.157. The maximum absolute atomic E-state index is 11.8. The molecule has 4 nitrogen and oxygen atoms in total. The molecule has 5 heteroatoms. The number of aromatic amines is 1. The Kier molecular flexibility index (Phi) is 4.17. The number of aromatic nitrogens is 1. The van der Waals surface area contributed by atoms with Crippen LogP contribution < -0.4 is 5.32 Å². The van der Waals surface area contributed by atoms with Crippen LogP contribution in [0.5, 0.6) is 0 Å². The fraction of sp³-hybridized carbons (Fsp3) is 0.154. The van der Waals surface area contributed by atoms with Crippen LogP contribution in [0.15, 0.2) is 41.0 Å². The van der Waals surface area contributed by atoms with Crippen molar-refractivity contribution < 1.29 is 9.90 Å².